The molecule has 3 N–H and O–H groups in total. The molecule has 2 spiro atoms. The minimum Gasteiger partial charge on any atom is -0.487 e. The Hall–Kier alpha value is -2.62. The van der Waals surface area contributed by atoms with E-state index in [4.69, 9.17) is 29.7 Å². The van der Waals surface area contributed by atoms with Crippen molar-refractivity contribution in [3.63, 3.8) is 0 Å². The summed E-state index contributed by atoms with van der Waals surface area (Å²) in [7, 11) is 1.63. The molecular weight excluding hydrogens is 418 g/mol. The van der Waals surface area contributed by atoms with Gasteiger partial charge in [0, 0.05) is 23.2 Å². The molecule has 1 saturated heterocycles. The first-order valence-corrected chi connectivity index (χ1v) is 10.9. The number of anilines is 1. The lowest BCUT2D eigenvalue weighted by Crippen LogP contribution is -2.71. The molecule has 3 aliphatic rings. The van der Waals surface area contributed by atoms with E-state index >= 15 is 0 Å². The van der Waals surface area contributed by atoms with Gasteiger partial charge in [-0.15, -0.1) is 11.3 Å². The molecule has 1 amide bonds. The van der Waals surface area contributed by atoms with Crippen molar-refractivity contribution in [2.75, 3.05) is 32.2 Å². The highest BCUT2D eigenvalue weighted by Gasteiger charge is 2.71. The fourth-order valence-electron chi connectivity index (χ4n) is 4.77. The van der Waals surface area contributed by atoms with Crippen molar-refractivity contribution >= 4 is 29.0 Å². The van der Waals surface area contributed by atoms with Crippen molar-refractivity contribution in [3.8, 4) is 5.75 Å². The van der Waals surface area contributed by atoms with Crippen molar-refractivity contribution in [2.45, 2.75) is 31.6 Å². The van der Waals surface area contributed by atoms with Crippen LogP contribution in [0.5, 0.6) is 5.75 Å². The van der Waals surface area contributed by atoms with Crippen molar-refractivity contribution < 1.29 is 23.7 Å². The van der Waals surface area contributed by atoms with Crippen LogP contribution in [0.25, 0.3) is 0 Å². The Morgan fingerprint density at radius 2 is 2.06 bits per heavy atom. The van der Waals surface area contributed by atoms with E-state index < -0.39 is 16.6 Å². The van der Waals surface area contributed by atoms with Crippen molar-refractivity contribution in [1.82, 2.24) is 0 Å². The average molecular weight is 444 g/mol. The van der Waals surface area contributed by atoms with Crippen molar-refractivity contribution in [1.29, 1.82) is 0 Å². The Kier molecular flexibility index (Phi) is 4.55. The number of fused-ring (bicyclic) bond motifs is 3. The van der Waals surface area contributed by atoms with Crippen LogP contribution in [0, 0.1) is 5.41 Å². The summed E-state index contributed by atoms with van der Waals surface area (Å²) < 4.78 is 22.8. The number of nitrogens with two attached hydrogens (primary N) is 1. The van der Waals surface area contributed by atoms with E-state index in [1.54, 1.807) is 13.2 Å². The first-order chi connectivity index (χ1) is 14.8. The van der Waals surface area contributed by atoms with Gasteiger partial charge in [0.25, 0.3) is 11.9 Å². The van der Waals surface area contributed by atoms with Gasteiger partial charge in [-0.2, -0.15) is 0 Å². The van der Waals surface area contributed by atoms with Crippen LogP contribution in [0.15, 0.2) is 35.3 Å². The predicted octanol–water partition coefficient (Wildman–Crippen LogP) is 2.87. The molecule has 2 aromatic rings. The highest BCUT2D eigenvalue weighted by atomic mass is 32.1. The van der Waals surface area contributed by atoms with E-state index in [9.17, 15) is 4.79 Å². The third kappa shape index (κ3) is 2.87. The summed E-state index contributed by atoms with van der Waals surface area (Å²) in [5.41, 5.74) is 5.79. The maximum Gasteiger partial charge on any atom is 0.283 e. The number of methoxy groups -OCH3 is 1. The Morgan fingerprint density at radius 1 is 1.26 bits per heavy atom. The van der Waals surface area contributed by atoms with Gasteiger partial charge in [-0.25, -0.2) is 4.99 Å². The van der Waals surface area contributed by atoms with Gasteiger partial charge in [0.2, 0.25) is 0 Å². The number of hydrogen-bond donors (Lipinski definition) is 2. The second kappa shape index (κ2) is 6.94. The molecule has 1 unspecified atom stereocenters. The summed E-state index contributed by atoms with van der Waals surface area (Å²) in [6.45, 7) is 5.88. The number of thiophene rings is 1. The van der Waals surface area contributed by atoms with E-state index in [-0.39, 0.29) is 11.9 Å². The van der Waals surface area contributed by atoms with Gasteiger partial charge in [0.05, 0.1) is 30.1 Å². The van der Waals surface area contributed by atoms with Gasteiger partial charge in [0.1, 0.15) is 23.5 Å². The molecule has 164 valence electrons. The molecule has 0 aliphatic carbocycles. The fraction of sp³-hybridized carbons (Fsp3) is 0.455. The Morgan fingerprint density at radius 3 is 2.71 bits per heavy atom. The second-order valence-corrected chi connectivity index (χ2v) is 9.82. The molecule has 1 aromatic heterocycles. The zero-order chi connectivity index (χ0) is 21.9. The molecule has 4 heterocycles. The number of rotatable bonds is 4. The number of carbonyl (C=O) groups excluding carboxylic acids is 1. The first-order valence-electron chi connectivity index (χ1n) is 10.1. The number of aliphatic imine (C=N–C) groups is 1. The van der Waals surface area contributed by atoms with Crippen LogP contribution in [-0.2, 0) is 26.4 Å². The molecule has 0 saturated carbocycles. The van der Waals surface area contributed by atoms with Gasteiger partial charge >= 0.3 is 0 Å². The predicted molar refractivity (Wildman–Crippen MR) is 117 cm³/mol. The topological polar surface area (TPSA) is 104 Å². The maximum absolute atomic E-state index is 12.8. The minimum absolute atomic E-state index is 0.161. The van der Waals surface area contributed by atoms with E-state index in [0.717, 1.165) is 10.4 Å². The minimum atomic E-state index is -0.734. The quantitative estimate of drug-likeness (QED) is 0.753. The van der Waals surface area contributed by atoms with Gasteiger partial charge in [-0.05, 0) is 44.2 Å². The number of amides is 1. The highest BCUT2D eigenvalue weighted by molar-refractivity contribution is 7.14. The van der Waals surface area contributed by atoms with Crippen LogP contribution >= 0.6 is 11.3 Å². The Balaban J connectivity index is 1.52. The largest absolute Gasteiger partial charge is 0.487 e. The number of carbonyl (C=O) groups is 1. The first kappa shape index (κ1) is 20.3. The van der Waals surface area contributed by atoms with Crippen molar-refractivity contribution in [3.05, 3.63) is 45.6 Å². The lowest BCUT2D eigenvalue weighted by atomic mass is 9.55. The van der Waals surface area contributed by atoms with E-state index in [1.165, 1.54) is 11.3 Å². The van der Waals surface area contributed by atoms with Gasteiger partial charge < -0.3 is 30.0 Å². The number of nitrogens with one attached hydrogen (secondary N) is 1. The van der Waals surface area contributed by atoms with Crippen LogP contribution in [0.3, 0.4) is 0 Å². The van der Waals surface area contributed by atoms with Crippen LogP contribution < -0.4 is 15.8 Å². The van der Waals surface area contributed by atoms with Crippen LogP contribution in [0.2, 0.25) is 0 Å². The lowest BCUT2D eigenvalue weighted by Gasteiger charge is -2.61. The molecule has 3 aliphatic heterocycles. The molecular formula is C22H25N3O5S. The van der Waals surface area contributed by atoms with E-state index in [2.05, 4.69) is 5.32 Å². The number of benzene rings is 1. The van der Waals surface area contributed by atoms with Crippen LogP contribution in [-0.4, -0.2) is 44.5 Å². The summed E-state index contributed by atoms with van der Waals surface area (Å²) in [6.07, 6.45) is 0. The standard InChI is InChI=1S/C22H25N3O5S/c1-20(2)21(10-28-11-21)22(12-29-19(23)25-22)15-8-13(4-6-16(15)30-20)24-18(26)17-7-5-14(31-17)9-27-3/h4-8H,9-12H2,1-3H3,(H2,23,25)(H,24,26). The molecule has 1 fully saturated rings. The molecule has 1 atom stereocenters. The molecule has 5 rings (SSSR count). The average Bonchev–Trinajstić information content (AvgIpc) is 3.29. The molecule has 31 heavy (non-hydrogen) atoms. The van der Waals surface area contributed by atoms with Gasteiger partial charge in [-0.1, -0.05) is 0 Å². The molecule has 0 bridgehead atoms. The highest BCUT2D eigenvalue weighted by Crippen LogP contribution is 2.62. The van der Waals surface area contributed by atoms with Crippen molar-refractivity contribution in [2.24, 2.45) is 16.1 Å². The molecule has 8 nitrogen and oxygen atoms in total. The maximum atomic E-state index is 12.8. The number of hydrogen-bond acceptors (Lipinski definition) is 8. The number of nitrogens with zero attached hydrogens (tertiary/aromatic N) is 1. The Bertz CT molecular complexity index is 1070. The Labute approximate surface area is 184 Å². The summed E-state index contributed by atoms with van der Waals surface area (Å²) >= 11 is 1.41. The monoisotopic (exact) mass is 443 g/mol. The third-order valence-electron chi connectivity index (χ3n) is 6.59. The SMILES string of the molecule is COCc1ccc(C(=O)Nc2ccc3c(c2)C2(COC(N)=N2)C2(COC2)C(C)(C)O3)s1. The molecule has 0 radical (unpaired) electrons. The fourth-order valence-corrected chi connectivity index (χ4v) is 5.64. The molecule has 9 heteroatoms. The zero-order valence-electron chi connectivity index (χ0n) is 17.7. The second-order valence-electron chi connectivity index (χ2n) is 8.65. The van der Waals surface area contributed by atoms with E-state index in [1.807, 2.05) is 38.1 Å². The summed E-state index contributed by atoms with van der Waals surface area (Å²) in [4.78, 5) is 19.2. The summed E-state index contributed by atoms with van der Waals surface area (Å²) in [5.74, 6) is 0.534. The summed E-state index contributed by atoms with van der Waals surface area (Å²) in [6, 6.07) is 9.48. The summed E-state index contributed by atoms with van der Waals surface area (Å²) in [5, 5.41) is 2.99. The normalized spacial score (nSPS) is 24.7. The van der Waals surface area contributed by atoms with Crippen LogP contribution in [0.4, 0.5) is 5.69 Å². The van der Waals surface area contributed by atoms with Gasteiger partial charge in [0.15, 0.2) is 0 Å². The van der Waals surface area contributed by atoms with Gasteiger partial charge in [-0.3, -0.25) is 4.79 Å². The zero-order valence-corrected chi connectivity index (χ0v) is 18.5. The molecule has 1 aromatic carbocycles. The third-order valence-corrected chi connectivity index (χ3v) is 7.65. The lowest BCUT2D eigenvalue weighted by molar-refractivity contribution is -0.247. The smallest absolute Gasteiger partial charge is 0.283 e. The number of amidine groups is 1. The van der Waals surface area contributed by atoms with Crippen LogP contribution in [0.1, 0.15) is 34.0 Å². The number of ether oxygens (including phenoxy) is 4. The van der Waals surface area contributed by atoms with E-state index in [0.29, 0.717) is 42.7 Å².